The van der Waals surface area contributed by atoms with Gasteiger partial charge in [-0.2, -0.15) is 0 Å². The van der Waals surface area contributed by atoms with Crippen LogP contribution in [0, 0.1) is 0 Å². The minimum atomic E-state index is -0.609. The van der Waals surface area contributed by atoms with E-state index in [-0.39, 0.29) is 6.61 Å². The molecular formula is C18H25N3O3. The number of benzene rings is 1. The van der Waals surface area contributed by atoms with Gasteiger partial charge in [-0.25, -0.2) is 0 Å². The lowest BCUT2D eigenvalue weighted by Crippen LogP contribution is -2.53. The number of aliphatic hydroxyl groups is 2. The van der Waals surface area contributed by atoms with Gasteiger partial charge in [-0.15, -0.1) is 0 Å². The lowest BCUT2D eigenvalue weighted by molar-refractivity contribution is 0.0650. The summed E-state index contributed by atoms with van der Waals surface area (Å²) in [5.74, 6) is 0.748. The highest BCUT2D eigenvalue weighted by Gasteiger charge is 2.30. The molecule has 1 aliphatic heterocycles. The number of aromatic nitrogens is 1. The number of hydrogen-bond donors (Lipinski definition) is 3. The summed E-state index contributed by atoms with van der Waals surface area (Å²) in [5.41, 5.74) is 7.33. The van der Waals surface area contributed by atoms with E-state index in [0.29, 0.717) is 6.54 Å². The Bertz CT molecular complexity index is 699. The first-order valence-electron chi connectivity index (χ1n) is 8.27. The maximum absolute atomic E-state index is 10.7. The first kappa shape index (κ1) is 17.1. The molecule has 6 nitrogen and oxygen atoms in total. The van der Waals surface area contributed by atoms with E-state index in [4.69, 9.17) is 10.5 Å². The Morgan fingerprint density at radius 1 is 1.33 bits per heavy atom. The van der Waals surface area contributed by atoms with Crippen molar-refractivity contribution in [1.29, 1.82) is 0 Å². The summed E-state index contributed by atoms with van der Waals surface area (Å²) in [7, 11) is 1.63. The molecule has 1 saturated heterocycles. The van der Waals surface area contributed by atoms with E-state index in [1.165, 1.54) is 0 Å². The van der Waals surface area contributed by atoms with Crippen LogP contribution in [0.5, 0.6) is 5.75 Å². The molecular weight excluding hydrogens is 306 g/mol. The summed E-state index contributed by atoms with van der Waals surface area (Å²) >= 11 is 0. The van der Waals surface area contributed by atoms with Gasteiger partial charge in [0.15, 0.2) is 0 Å². The molecule has 1 fully saturated rings. The molecule has 1 aromatic carbocycles. The lowest BCUT2D eigenvalue weighted by atomic mass is 9.89. The Morgan fingerprint density at radius 2 is 2.08 bits per heavy atom. The predicted molar refractivity (Wildman–Crippen MR) is 92.9 cm³/mol. The molecule has 1 unspecified atom stereocenters. The van der Waals surface area contributed by atoms with Crippen molar-refractivity contribution in [3.05, 3.63) is 36.0 Å². The molecule has 1 atom stereocenters. The zero-order valence-corrected chi connectivity index (χ0v) is 14.0. The number of methoxy groups -OCH3 is 1. The molecule has 0 saturated carbocycles. The first-order valence-corrected chi connectivity index (χ1v) is 8.27. The van der Waals surface area contributed by atoms with Crippen LogP contribution in [0.15, 0.2) is 30.5 Å². The summed E-state index contributed by atoms with van der Waals surface area (Å²) in [6, 6.07) is 7.53. The average molecular weight is 331 g/mol. The zero-order valence-electron chi connectivity index (χ0n) is 14.0. The van der Waals surface area contributed by atoms with Crippen LogP contribution in [0.4, 0.5) is 0 Å². The normalized spacial score (nSPS) is 19.3. The predicted octanol–water partition coefficient (Wildman–Crippen LogP) is 1.06. The highest BCUT2D eigenvalue weighted by molar-refractivity contribution is 5.83. The van der Waals surface area contributed by atoms with Crippen molar-refractivity contribution in [2.75, 3.05) is 33.4 Å². The van der Waals surface area contributed by atoms with Crippen molar-refractivity contribution in [2.45, 2.75) is 24.5 Å². The van der Waals surface area contributed by atoms with Gasteiger partial charge in [0, 0.05) is 36.8 Å². The molecule has 130 valence electrons. The number of fused-ring (bicyclic) bond motifs is 1. The van der Waals surface area contributed by atoms with E-state index in [1.807, 2.05) is 24.3 Å². The van der Waals surface area contributed by atoms with Crippen molar-refractivity contribution in [3.8, 4) is 5.75 Å². The van der Waals surface area contributed by atoms with Crippen LogP contribution in [0.25, 0.3) is 10.9 Å². The van der Waals surface area contributed by atoms with Gasteiger partial charge in [-0.3, -0.25) is 4.98 Å². The number of ether oxygens (including phenoxy) is 1. The summed E-state index contributed by atoms with van der Waals surface area (Å²) < 4.78 is 5.28. The number of β-amino-alcohol motifs (C(OH)–C–C–N with tert-alkyl or cyclic N) is 1. The van der Waals surface area contributed by atoms with E-state index in [1.54, 1.807) is 13.3 Å². The number of nitrogens with zero attached hydrogens (tertiary/aromatic N) is 2. The number of piperidine rings is 1. The number of likely N-dealkylation sites (tertiary alicyclic amines) is 1. The molecule has 3 rings (SSSR count). The number of nitrogens with two attached hydrogens (primary N) is 1. The molecule has 0 bridgehead atoms. The van der Waals surface area contributed by atoms with Gasteiger partial charge in [0.25, 0.3) is 0 Å². The van der Waals surface area contributed by atoms with Crippen molar-refractivity contribution in [2.24, 2.45) is 5.73 Å². The van der Waals surface area contributed by atoms with Crippen molar-refractivity contribution < 1.29 is 14.9 Å². The molecule has 0 aliphatic carbocycles. The lowest BCUT2D eigenvalue weighted by Gasteiger charge is -2.38. The van der Waals surface area contributed by atoms with Gasteiger partial charge in [0.1, 0.15) is 5.75 Å². The maximum Gasteiger partial charge on any atom is 0.119 e. The summed E-state index contributed by atoms with van der Waals surface area (Å²) in [5, 5.41) is 21.0. The van der Waals surface area contributed by atoms with Gasteiger partial charge in [-0.05, 0) is 42.7 Å². The highest BCUT2D eigenvalue weighted by atomic mass is 16.5. The Balaban J connectivity index is 1.76. The molecule has 1 aliphatic rings. The molecule has 2 aromatic rings. The average Bonchev–Trinajstić information content (AvgIpc) is 2.62. The molecule has 0 amide bonds. The monoisotopic (exact) mass is 331 g/mol. The molecule has 6 heteroatoms. The summed E-state index contributed by atoms with van der Waals surface area (Å²) in [6.07, 6.45) is 2.59. The zero-order chi connectivity index (χ0) is 17.2. The molecule has 1 aromatic heterocycles. The molecule has 2 heterocycles. The molecule has 0 radical (unpaired) electrons. The van der Waals surface area contributed by atoms with Crippen molar-refractivity contribution >= 4 is 10.9 Å². The Hall–Kier alpha value is -1.73. The maximum atomic E-state index is 10.7. The van der Waals surface area contributed by atoms with Gasteiger partial charge >= 0.3 is 0 Å². The van der Waals surface area contributed by atoms with Crippen LogP contribution in [0.1, 0.15) is 24.5 Å². The number of hydrogen-bond acceptors (Lipinski definition) is 6. The molecule has 0 spiro atoms. The first-order chi connectivity index (χ1) is 11.5. The van der Waals surface area contributed by atoms with Crippen LogP contribution in [-0.4, -0.2) is 59.0 Å². The fourth-order valence-electron chi connectivity index (χ4n) is 3.25. The van der Waals surface area contributed by atoms with E-state index < -0.39 is 11.6 Å². The fraction of sp³-hybridized carbons (Fsp3) is 0.500. The standard InChI is InChI=1S/C18H25N3O3/c1-24-13-2-3-16-15(10-13)14(4-7-20-16)17(23)11-21-8-5-18(19,12-22)6-9-21/h2-4,7,10,17,22-23H,5-6,8-9,11-12,19H2,1H3. The van der Waals surface area contributed by atoms with Crippen LogP contribution in [-0.2, 0) is 0 Å². The molecule has 4 N–H and O–H groups in total. The SMILES string of the molecule is COc1ccc2nccc(C(O)CN3CCC(N)(CO)CC3)c2c1. The highest BCUT2D eigenvalue weighted by Crippen LogP contribution is 2.28. The van der Waals surface area contributed by atoms with Crippen molar-refractivity contribution in [3.63, 3.8) is 0 Å². The van der Waals surface area contributed by atoms with E-state index in [9.17, 15) is 10.2 Å². The molecule has 24 heavy (non-hydrogen) atoms. The van der Waals surface area contributed by atoms with Crippen molar-refractivity contribution in [1.82, 2.24) is 9.88 Å². The van der Waals surface area contributed by atoms with Crippen LogP contribution >= 0.6 is 0 Å². The Labute approximate surface area is 141 Å². The number of rotatable bonds is 5. The Morgan fingerprint density at radius 3 is 2.75 bits per heavy atom. The second-order valence-electron chi connectivity index (χ2n) is 6.62. The topological polar surface area (TPSA) is 91.8 Å². The van der Waals surface area contributed by atoms with E-state index >= 15 is 0 Å². The number of aliphatic hydroxyl groups excluding tert-OH is 2. The van der Waals surface area contributed by atoms with Crippen LogP contribution in [0.2, 0.25) is 0 Å². The number of pyridine rings is 1. The minimum absolute atomic E-state index is 0.0121. The van der Waals surface area contributed by atoms with Gasteiger partial charge in [-0.1, -0.05) is 0 Å². The fourth-order valence-corrected chi connectivity index (χ4v) is 3.25. The smallest absolute Gasteiger partial charge is 0.119 e. The quantitative estimate of drug-likeness (QED) is 0.759. The second-order valence-corrected chi connectivity index (χ2v) is 6.62. The third-order valence-corrected chi connectivity index (χ3v) is 4.94. The van der Waals surface area contributed by atoms with Crippen LogP contribution < -0.4 is 10.5 Å². The van der Waals surface area contributed by atoms with Crippen LogP contribution in [0.3, 0.4) is 0 Å². The largest absolute Gasteiger partial charge is 0.497 e. The third kappa shape index (κ3) is 3.52. The summed E-state index contributed by atoms with van der Waals surface area (Å²) in [4.78, 5) is 6.54. The summed E-state index contributed by atoms with van der Waals surface area (Å²) in [6.45, 7) is 2.11. The van der Waals surface area contributed by atoms with E-state index in [0.717, 1.165) is 48.1 Å². The van der Waals surface area contributed by atoms with Gasteiger partial charge in [0.05, 0.1) is 25.3 Å². The van der Waals surface area contributed by atoms with E-state index in [2.05, 4.69) is 9.88 Å². The Kier molecular flexibility index (Phi) is 5.01. The second kappa shape index (κ2) is 7.03. The minimum Gasteiger partial charge on any atom is -0.497 e. The third-order valence-electron chi connectivity index (χ3n) is 4.94. The van der Waals surface area contributed by atoms with Gasteiger partial charge in [0.2, 0.25) is 0 Å². The van der Waals surface area contributed by atoms with Gasteiger partial charge < -0.3 is 25.6 Å².